The Labute approximate surface area is 137 Å². The molecule has 1 aromatic rings. The minimum absolute atomic E-state index is 0.314. The molecule has 1 saturated heterocycles. The predicted octanol–water partition coefficient (Wildman–Crippen LogP) is 2.34. The van der Waals surface area contributed by atoms with E-state index in [9.17, 15) is 8.42 Å². The van der Waals surface area contributed by atoms with Gasteiger partial charge in [0.15, 0.2) is 0 Å². The molecule has 1 saturated carbocycles. The third-order valence-corrected chi connectivity index (χ3v) is 7.27. The number of ether oxygens (including phenoxy) is 2. The van der Waals surface area contributed by atoms with Crippen LogP contribution in [0.25, 0.3) is 0 Å². The summed E-state index contributed by atoms with van der Waals surface area (Å²) in [7, 11) is -3.58. The van der Waals surface area contributed by atoms with Crippen LogP contribution in [-0.4, -0.2) is 43.6 Å². The molecule has 0 N–H and O–H groups in total. The molecule has 0 bridgehead atoms. The van der Waals surface area contributed by atoms with E-state index in [1.54, 1.807) is 10.4 Å². The summed E-state index contributed by atoms with van der Waals surface area (Å²) in [6.07, 6.45) is 3.56. The molecule has 3 aliphatic rings. The average molecular weight is 337 g/mol. The molecule has 4 rings (SSSR count). The molecule has 0 amide bonds. The van der Waals surface area contributed by atoms with E-state index in [0.29, 0.717) is 30.4 Å². The molecular formula is C17H23NO4S. The van der Waals surface area contributed by atoms with Crippen LogP contribution in [0.15, 0.2) is 23.1 Å². The summed E-state index contributed by atoms with van der Waals surface area (Å²) in [4.78, 5) is 0.314. The number of rotatable bonds is 2. The van der Waals surface area contributed by atoms with Gasteiger partial charge in [0.2, 0.25) is 10.0 Å². The molecule has 0 radical (unpaired) electrons. The van der Waals surface area contributed by atoms with Crippen LogP contribution in [0, 0.1) is 0 Å². The van der Waals surface area contributed by atoms with Gasteiger partial charge in [0.05, 0.1) is 18.8 Å². The summed E-state index contributed by atoms with van der Waals surface area (Å²) in [5.74, 6) is 0.540. The van der Waals surface area contributed by atoms with Crippen LogP contribution in [0.4, 0.5) is 0 Å². The van der Waals surface area contributed by atoms with Gasteiger partial charge in [-0.25, -0.2) is 8.42 Å². The number of sulfonamides is 1. The van der Waals surface area contributed by atoms with Crippen LogP contribution in [0.3, 0.4) is 0 Å². The quantitative estimate of drug-likeness (QED) is 0.831. The van der Waals surface area contributed by atoms with E-state index >= 15 is 0 Å². The summed E-state index contributed by atoms with van der Waals surface area (Å²) in [6, 6.07) is 5.46. The first-order valence-electron chi connectivity index (χ1n) is 8.26. The van der Waals surface area contributed by atoms with Gasteiger partial charge in [-0.3, -0.25) is 0 Å². The lowest BCUT2D eigenvalue weighted by molar-refractivity contribution is -0.0649. The summed E-state index contributed by atoms with van der Waals surface area (Å²) < 4.78 is 40.0. The van der Waals surface area contributed by atoms with Gasteiger partial charge in [-0.15, -0.1) is 0 Å². The summed E-state index contributed by atoms with van der Waals surface area (Å²) >= 11 is 0. The number of benzene rings is 1. The van der Waals surface area contributed by atoms with Crippen molar-refractivity contribution in [3.05, 3.63) is 23.8 Å². The van der Waals surface area contributed by atoms with E-state index in [1.165, 1.54) is 0 Å². The van der Waals surface area contributed by atoms with Crippen molar-refractivity contribution in [2.75, 3.05) is 19.8 Å². The van der Waals surface area contributed by atoms with E-state index in [1.807, 2.05) is 26.0 Å². The van der Waals surface area contributed by atoms with Crippen LogP contribution in [0.2, 0.25) is 0 Å². The molecule has 23 heavy (non-hydrogen) atoms. The van der Waals surface area contributed by atoms with Crippen LogP contribution >= 0.6 is 0 Å². The van der Waals surface area contributed by atoms with Gasteiger partial charge in [0.25, 0.3) is 0 Å². The minimum atomic E-state index is -3.58. The zero-order chi connectivity index (χ0) is 16.3. The molecule has 0 atom stereocenters. The van der Waals surface area contributed by atoms with E-state index in [-0.39, 0.29) is 11.1 Å². The van der Waals surface area contributed by atoms with Crippen LogP contribution < -0.4 is 4.74 Å². The van der Waals surface area contributed by atoms with Crippen molar-refractivity contribution < 1.29 is 17.9 Å². The highest BCUT2D eigenvalue weighted by atomic mass is 32.2. The summed E-state index contributed by atoms with van der Waals surface area (Å²) in [5, 5.41) is 0. The van der Waals surface area contributed by atoms with E-state index in [0.717, 1.165) is 31.2 Å². The van der Waals surface area contributed by atoms with Gasteiger partial charge < -0.3 is 9.47 Å². The molecule has 1 spiro atoms. The molecule has 1 aliphatic carbocycles. The Morgan fingerprint density at radius 2 is 2.00 bits per heavy atom. The van der Waals surface area contributed by atoms with Gasteiger partial charge in [0.1, 0.15) is 16.2 Å². The molecule has 2 aliphatic heterocycles. The summed E-state index contributed by atoms with van der Waals surface area (Å²) in [6.45, 7) is 5.38. The maximum absolute atomic E-state index is 13.4. The number of para-hydroxylation sites is 1. The monoisotopic (exact) mass is 337 g/mol. The molecular weight excluding hydrogens is 314 g/mol. The molecule has 6 heteroatoms. The third-order valence-electron chi connectivity index (χ3n) is 5.25. The van der Waals surface area contributed by atoms with Gasteiger partial charge in [-0.1, -0.05) is 12.1 Å². The topological polar surface area (TPSA) is 55.8 Å². The average Bonchev–Trinajstić information content (AvgIpc) is 2.78. The van der Waals surface area contributed by atoms with E-state index in [2.05, 4.69) is 0 Å². The van der Waals surface area contributed by atoms with Crippen molar-refractivity contribution in [1.29, 1.82) is 0 Å². The van der Waals surface area contributed by atoms with Crippen molar-refractivity contribution >= 4 is 10.0 Å². The highest BCUT2D eigenvalue weighted by Crippen LogP contribution is 2.46. The first kappa shape index (κ1) is 15.4. The highest BCUT2D eigenvalue weighted by molar-refractivity contribution is 7.89. The van der Waals surface area contributed by atoms with Crippen LogP contribution in [0.1, 0.15) is 38.7 Å². The molecule has 126 valence electrons. The lowest BCUT2D eigenvalue weighted by Crippen LogP contribution is -2.62. The van der Waals surface area contributed by atoms with Crippen molar-refractivity contribution in [1.82, 2.24) is 4.31 Å². The lowest BCUT2D eigenvalue weighted by atomic mass is 9.77. The standard InChI is InChI=1S/C17H23NO4S/c1-16(2)11-13-5-3-6-14(15(13)22-16)23(19,20)18-9-10-21-12-17(18)7-4-8-17/h3,5-6H,4,7-12H2,1-2H3. The molecule has 5 nitrogen and oxygen atoms in total. The second kappa shape index (κ2) is 4.94. The van der Waals surface area contributed by atoms with Crippen molar-refractivity contribution in [3.8, 4) is 5.75 Å². The maximum Gasteiger partial charge on any atom is 0.247 e. The largest absolute Gasteiger partial charge is 0.486 e. The fraction of sp³-hybridized carbons (Fsp3) is 0.647. The Kier molecular flexibility index (Phi) is 3.31. The second-order valence-corrected chi connectivity index (χ2v) is 9.32. The number of hydrogen-bond acceptors (Lipinski definition) is 4. The summed E-state index contributed by atoms with van der Waals surface area (Å²) in [5.41, 5.74) is 0.285. The minimum Gasteiger partial charge on any atom is -0.486 e. The molecule has 2 heterocycles. The third kappa shape index (κ3) is 2.30. The number of hydrogen-bond donors (Lipinski definition) is 0. The number of fused-ring (bicyclic) bond motifs is 1. The maximum atomic E-state index is 13.4. The lowest BCUT2D eigenvalue weighted by Gasteiger charge is -2.51. The van der Waals surface area contributed by atoms with Crippen LogP contribution in [0.5, 0.6) is 5.75 Å². The molecule has 1 aromatic carbocycles. The zero-order valence-corrected chi connectivity index (χ0v) is 14.5. The Balaban J connectivity index is 1.77. The Morgan fingerprint density at radius 3 is 2.70 bits per heavy atom. The number of nitrogens with zero attached hydrogens (tertiary/aromatic N) is 1. The first-order chi connectivity index (χ1) is 10.8. The van der Waals surface area contributed by atoms with Gasteiger partial charge in [0, 0.05) is 13.0 Å². The Bertz CT molecular complexity index is 737. The normalized spacial score (nSPS) is 25.7. The highest BCUT2D eigenvalue weighted by Gasteiger charge is 2.51. The van der Waals surface area contributed by atoms with Crippen molar-refractivity contribution in [3.63, 3.8) is 0 Å². The molecule has 0 aromatic heterocycles. The Hall–Kier alpha value is -1.11. The zero-order valence-electron chi connectivity index (χ0n) is 13.7. The van der Waals surface area contributed by atoms with E-state index in [4.69, 9.17) is 9.47 Å². The van der Waals surface area contributed by atoms with Crippen molar-refractivity contribution in [2.24, 2.45) is 0 Å². The Morgan fingerprint density at radius 1 is 1.22 bits per heavy atom. The van der Waals surface area contributed by atoms with Gasteiger partial charge >= 0.3 is 0 Å². The fourth-order valence-electron chi connectivity index (χ4n) is 3.98. The number of morpholine rings is 1. The molecule has 2 fully saturated rings. The van der Waals surface area contributed by atoms with E-state index < -0.39 is 10.0 Å². The smallest absolute Gasteiger partial charge is 0.247 e. The first-order valence-corrected chi connectivity index (χ1v) is 9.70. The van der Waals surface area contributed by atoms with Crippen LogP contribution in [-0.2, 0) is 21.2 Å². The predicted molar refractivity (Wildman–Crippen MR) is 86.1 cm³/mol. The van der Waals surface area contributed by atoms with Crippen molar-refractivity contribution in [2.45, 2.75) is 55.6 Å². The fourth-order valence-corrected chi connectivity index (χ4v) is 5.94. The molecule has 0 unspecified atom stereocenters. The van der Waals surface area contributed by atoms with Gasteiger partial charge in [-0.2, -0.15) is 4.31 Å². The SMILES string of the molecule is CC1(C)Cc2cccc(S(=O)(=O)N3CCOCC34CCC4)c2O1. The van der Waals surface area contributed by atoms with Gasteiger partial charge in [-0.05, 0) is 44.7 Å². The second-order valence-electron chi connectivity index (χ2n) is 7.49.